The number of pyridine rings is 1. The Morgan fingerprint density at radius 1 is 1.05 bits per heavy atom. The molecular formula is C28H24N8O3. The number of fused-ring (bicyclic) bond motifs is 1. The highest BCUT2D eigenvalue weighted by Gasteiger charge is 2.28. The Morgan fingerprint density at radius 3 is 2.62 bits per heavy atom. The third-order valence-corrected chi connectivity index (χ3v) is 6.53. The zero-order valence-electron chi connectivity index (χ0n) is 21.1. The predicted octanol–water partition coefficient (Wildman–Crippen LogP) is 3.38. The van der Waals surface area contributed by atoms with Crippen LogP contribution in [0.4, 0.5) is 17.5 Å². The smallest absolute Gasteiger partial charge is 0.317 e. The van der Waals surface area contributed by atoms with E-state index in [2.05, 4.69) is 36.8 Å². The number of benzodiazepines with no additional fused rings is 1. The zero-order chi connectivity index (χ0) is 26.8. The highest BCUT2D eigenvalue weighted by Crippen LogP contribution is 2.32. The van der Waals surface area contributed by atoms with Crippen LogP contribution in [0.3, 0.4) is 0 Å². The number of aromatic nitrogens is 3. The molecule has 2 aromatic carbocycles. The van der Waals surface area contributed by atoms with Crippen LogP contribution in [0, 0.1) is 18.3 Å². The number of anilines is 3. The van der Waals surface area contributed by atoms with Crippen LogP contribution < -0.4 is 15.5 Å². The summed E-state index contributed by atoms with van der Waals surface area (Å²) in [7, 11) is 0. The Balaban J connectivity index is 1.35. The summed E-state index contributed by atoms with van der Waals surface area (Å²) < 4.78 is 11.4. The lowest BCUT2D eigenvalue weighted by Crippen LogP contribution is -2.37. The van der Waals surface area contributed by atoms with E-state index in [0.29, 0.717) is 60.3 Å². The van der Waals surface area contributed by atoms with E-state index in [1.807, 2.05) is 54.6 Å². The van der Waals surface area contributed by atoms with Crippen molar-refractivity contribution >= 4 is 29.1 Å². The molecule has 2 N–H and O–H groups in total. The fourth-order valence-corrected chi connectivity index (χ4v) is 4.57. The van der Waals surface area contributed by atoms with Crippen LogP contribution in [0.2, 0.25) is 0 Å². The minimum Gasteiger partial charge on any atom is -0.403 e. The molecule has 1 fully saturated rings. The highest BCUT2D eigenvalue weighted by atomic mass is 16.5. The fourth-order valence-electron chi connectivity index (χ4n) is 4.57. The monoisotopic (exact) mass is 520 g/mol. The molecule has 0 unspecified atom stereocenters. The maximum Gasteiger partial charge on any atom is 0.317 e. The molecule has 194 valence electrons. The molecule has 11 nitrogen and oxygen atoms in total. The van der Waals surface area contributed by atoms with Gasteiger partial charge in [-0.25, -0.2) is 9.98 Å². The van der Waals surface area contributed by atoms with Crippen LogP contribution in [-0.4, -0.2) is 59.3 Å². The number of hydrogen-bond acceptors (Lipinski definition) is 10. The number of aliphatic imine (C=N–C) groups is 1. The van der Waals surface area contributed by atoms with E-state index < -0.39 is 6.17 Å². The average molecular weight is 521 g/mol. The Hall–Kier alpha value is -5.08. The number of amides is 1. The standard InChI is InChI=1S/C28H24N8O3/c1-17-19(16-29)15-21(25(30-17)36-11-13-38-14-12-36)27-34-35-28(39-27)33-24-26(37)31-22-10-6-5-9-20(22)23(32-24)18-7-3-2-4-8-18/h2-10,15,24H,11-14H2,1H3,(H,31,37)(H,33,35)/t24-/m1/s1. The second kappa shape index (κ2) is 10.4. The van der Waals surface area contributed by atoms with Gasteiger partial charge in [-0.15, -0.1) is 5.10 Å². The molecule has 2 aliphatic rings. The molecule has 4 aromatic rings. The molecule has 0 saturated carbocycles. The van der Waals surface area contributed by atoms with Gasteiger partial charge in [0.05, 0.1) is 41.4 Å². The first-order valence-corrected chi connectivity index (χ1v) is 12.5. The first kappa shape index (κ1) is 24.3. The SMILES string of the molecule is Cc1nc(N2CCOCC2)c(-c2nnc(N[C@H]3N=C(c4ccccc4)c4ccccc4NC3=O)o2)cc1C#N. The van der Waals surface area contributed by atoms with Crippen LogP contribution in [0.15, 0.2) is 70.1 Å². The summed E-state index contributed by atoms with van der Waals surface area (Å²) in [6, 6.07) is 21.0. The van der Waals surface area contributed by atoms with Crippen LogP contribution in [-0.2, 0) is 9.53 Å². The Labute approximate surface area is 224 Å². The van der Waals surface area contributed by atoms with Gasteiger partial charge in [-0.1, -0.05) is 53.6 Å². The molecule has 0 spiro atoms. The van der Waals surface area contributed by atoms with Gasteiger partial charge in [0.25, 0.3) is 11.8 Å². The van der Waals surface area contributed by atoms with Crippen LogP contribution in [0.25, 0.3) is 11.5 Å². The molecule has 2 aliphatic heterocycles. The summed E-state index contributed by atoms with van der Waals surface area (Å²) in [6.07, 6.45) is -1.04. The van der Waals surface area contributed by atoms with Crippen molar-refractivity contribution in [1.29, 1.82) is 5.26 Å². The van der Waals surface area contributed by atoms with Crippen molar-refractivity contribution in [3.63, 3.8) is 0 Å². The number of carbonyl (C=O) groups is 1. The van der Waals surface area contributed by atoms with Gasteiger partial charge < -0.3 is 24.7 Å². The van der Waals surface area contributed by atoms with Crippen molar-refractivity contribution in [3.8, 4) is 17.5 Å². The normalized spacial score (nSPS) is 16.9. The third-order valence-electron chi connectivity index (χ3n) is 6.53. The third kappa shape index (κ3) is 4.81. The summed E-state index contributed by atoms with van der Waals surface area (Å²) in [5, 5.41) is 23.9. The van der Waals surface area contributed by atoms with Gasteiger partial charge in [-0.2, -0.15) is 5.26 Å². The Morgan fingerprint density at radius 2 is 1.82 bits per heavy atom. The molecule has 0 aliphatic carbocycles. The summed E-state index contributed by atoms with van der Waals surface area (Å²) in [4.78, 5) is 24.7. The summed E-state index contributed by atoms with van der Waals surface area (Å²) in [5.41, 5.74) is 4.53. The number of ether oxygens (including phenoxy) is 1. The first-order chi connectivity index (χ1) is 19.1. The Bertz CT molecular complexity index is 1600. The molecule has 11 heteroatoms. The maximum absolute atomic E-state index is 13.2. The maximum atomic E-state index is 13.2. The van der Waals surface area contributed by atoms with E-state index in [-0.39, 0.29) is 17.8 Å². The van der Waals surface area contributed by atoms with Gasteiger partial charge >= 0.3 is 6.01 Å². The highest BCUT2D eigenvalue weighted by molar-refractivity contribution is 6.19. The number of hydrogen-bond donors (Lipinski definition) is 2. The van der Waals surface area contributed by atoms with Gasteiger partial charge in [0, 0.05) is 24.2 Å². The number of nitrogens with one attached hydrogen (secondary N) is 2. The molecule has 1 amide bonds. The van der Waals surface area contributed by atoms with E-state index in [9.17, 15) is 10.1 Å². The minimum atomic E-state index is -1.04. The van der Waals surface area contributed by atoms with Crippen molar-refractivity contribution in [3.05, 3.63) is 83.0 Å². The van der Waals surface area contributed by atoms with Crippen molar-refractivity contribution < 1.29 is 13.9 Å². The number of benzene rings is 2. The second-order valence-corrected chi connectivity index (χ2v) is 9.04. The molecule has 0 radical (unpaired) electrons. The van der Waals surface area contributed by atoms with E-state index in [4.69, 9.17) is 14.1 Å². The summed E-state index contributed by atoms with van der Waals surface area (Å²) >= 11 is 0. The number of nitriles is 1. The second-order valence-electron chi connectivity index (χ2n) is 9.04. The quantitative estimate of drug-likeness (QED) is 0.405. The lowest BCUT2D eigenvalue weighted by Gasteiger charge is -2.29. The molecule has 39 heavy (non-hydrogen) atoms. The molecule has 4 heterocycles. The number of carbonyl (C=O) groups excluding carboxylic acids is 1. The number of rotatable bonds is 5. The zero-order valence-corrected chi connectivity index (χ0v) is 21.1. The van der Waals surface area contributed by atoms with Gasteiger partial charge in [-0.05, 0) is 19.1 Å². The predicted molar refractivity (Wildman–Crippen MR) is 145 cm³/mol. The number of nitrogens with zero attached hydrogens (tertiary/aromatic N) is 6. The number of morpholine rings is 1. The van der Waals surface area contributed by atoms with E-state index in [1.54, 1.807) is 13.0 Å². The van der Waals surface area contributed by atoms with Gasteiger partial charge in [-0.3, -0.25) is 4.79 Å². The molecule has 1 atom stereocenters. The molecule has 1 saturated heterocycles. The summed E-state index contributed by atoms with van der Waals surface area (Å²) in [5.74, 6) is 0.440. The van der Waals surface area contributed by atoms with Crippen LogP contribution >= 0.6 is 0 Å². The molecule has 2 aromatic heterocycles. The van der Waals surface area contributed by atoms with Crippen molar-refractivity contribution in [2.75, 3.05) is 41.8 Å². The fraction of sp³-hybridized carbons (Fsp3) is 0.214. The molecule has 0 bridgehead atoms. The lowest BCUT2D eigenvalue weighted by atomic mass is 10.0. The van der Waals surface area contributed by atoms with Gasteiger partial charge in [0.2, 0.25) is 6.17 Å². The van der Waals surface area contributed by atoms with Crippen LogP contribution in [0.5, 0.6) is 0 Å². The largest absolute Gasteiger partial charge is 0.403 e. The van der Waals surface area contributed by atoms with Crippen molar-refractivity contribution in [1.82, 2.24) is 15.2 Å². The average Bonchev–Trinajstić information content (AvgIpc) is 3.39. The van der Waals surface area contributed by atoms with Gasteiger partial charge in [0.15, 0.2) is 0 Å². The van der Waals surface area contributed by atoms with Crippen molar-refractivity contribution in [2.45, 2.75) is 13.1 Å². The lowest BCUT2D eigenvalue weighted by molar-refractivity contribution is -0.116. The molecule has 6 rings (SSSR count). The first-order valence-electron chi connectivity index (χ1n) is 12.5. The van der Waals surface area contributed by atoms with E-state index >= 15 is 0 Å². The topological polar surface area (TPSA) is 142 Å². The van der Waals surface area contributed by atoms with E-state index in [1.165, 1.54) is 0 Å². The summed E-state index contributed by atoms with van der Waals surface area (Å²) in [6.45, 7) is 4.21. The minimum absolute atomic E-state index is 0.0132. The van der Waals surface area contributed by atoms with E-state index in [0.717, 1.165) is 11.1 Å². The Kier molecular flexibility index (Phi) is 6.44. The van der Waals surface area contributed by atoms with Crippen molar-refractivity contribution in [2.24, 2.45) is 4.99 Å². The number of aryl methyl sites for hydroxylation is 1. The molecular weight excluding hydrogens is 496 g/mol. The van der Waals surface area contributed by atoms with Crippen LogP contribution in [0.1, 0.15) is 22.4 Å². The number of para-hydroxylation sites is 1. The van der Waals surface area contributed by atoms with Gasteiger partial charge in [0.1, 0.15) is 11.9 Å².